The van der Waals surface area contributed by atoms with Crippen molar-refractivity contribution in [2.75, 3.05) is 0 Å². The number of nitrogens with one attached hydrogen (secondary N) is 2. The second kappa shape index (κ2) is 8.51. The number of benzene rings is 2. The largest absolute Gasteiger partial charge is 0.355 e. The van der Waals surface area contributed by atoms with E-state index in [1.54, 1.807) is 0 Å². The van der Waals surface area contributed by atoms with Crippen LogP contribution in [0.2, 0.25) is 0 Å². The molecule has 4 nitrogen and oxygen atoms in total. The van der Waals surface area contributed by atoms with E-state index < -0.39 is 0 Å². The average Bonchev–Trinajstić information content (AvgIpc) is 3.72. The molecule has 2 aromatic heterocycles. The summed E-state index contributed by atoms with van der Waals surface area (Å²) in [6.45, 7) is 0. The maximum absolute atomic E-state index is 5.08. The van der Waals surface area contributed by atoms with E-state index in [1.807, 2.05) is 12.1 Å². The molecule has 3 aliphatic heterocycles. The molecule has 2 N–H and O–H groups in total. The molecule has 2 aromatic carbocycles. The summed E-state index contributed by atoms with van der Waals surface area (Å²) >= 11 is 0. The Morgan fingerprint density at radius 2 is 0.944 bits per heavy atom. The molecule has 0 saturated carbocycles. The number of allylic oxidation sites excluding steroid dienone is 2. The van der Waals surface area contributed by atoms with Crippen molar-refractivity contribution in [3.8, 4) is 0 Å². The normalized spacial score (nSPS) is 22.0. The van der Waals surface area contributed by atoms with Crippen molar-refractivity contribution < 1.29 is 0 Å². The second-order valence-corrected chi connectivity index (χ2v) is 9.20. The highest BCUT2D eigenvalue weighted by atomic mass is 14.8. The molecule has 8 bridgehead atoms. The van der Waals surface area contributed by atoms with Crippen LogP contribution < -0.4 is 21.4 Å². The first-order valence-electron chi connectivity index (χ1n) is 12.3. The Labute approximate surface area is 208 Å². The first kappa shape index (κ1) is 20.7. The number of rotatable bonds is 2. The summed E-state index contributed by atoms with van der Waals surface area (Å²) < 4.78 is 0. The maximum atomic E-state index is 5.08. The fourth-order valence-electron chi connectivity index (χ4n) is 5.12. The summed E-state index contributed by atoms with van der Waals surface area (Å²) in [7, 11) is 0. The molecule has 2 unspecified atom stereocenters. The fourth-order valence-corrected chi connectivity index (χ4v) is 5.12. The van der Waals surface area contributed by atoms with Crippen LogP contribution >= 0.6 is 0 Å². The number of hydrogen-bond acceptors (Lipinski definition) is 2. The van der Waals surface area contributed by atoms with Crippen molar-refractivity contribution in [2.45, 2.75) is 12.1 Å². The highest BCUT2D eigenvalue weighted by Gasteiger charge is 2.18. The first-order valence-corrected chi connectivity index (χ1v) is 12.3. The predicted molar refractivity (Wildman–Crippen MR) is 148 cm³/mol. The van der Waals surface area contributed by atoms with E-state index in [9.17, 15) is 0 Å². The van der Waals surface area contributed by atoms with Gasteiger partial charge in [-0.15, -0.1) is 0 Å². The molecule has 5 heterocycles. The smallest absolute Gasteiger partial charge is 0.0895 e. The molecule has 0 spiro atoms. The first-order chi connectivity index (χ1) is 17.8. The van der Waals surface area contributed by atoms with Crippen molar-refractivity contribution in [1.29, 1.82) is 0 Å². The molecule has 172 valence electrons. The summed E-state index contributed by atoms with van der Waals surface area (Å²) in [4.78, 5) is 17.4. The SMILES string of the molecule is C1=CC2/C=c3/ccc([nH]3)=C(c3ccccc3)C3=NC(C=C3)/C=c3/ccc([nH]3)=C(c3ccccc3)C1=N2. The Morgan fingerprint density at radius 1 is 0.500 bits per heavy atom. The van der Waals surface area contributed by atoms with Crippen LogP contribution in [0.15, 0.2) is 119 Å². The van der Waals surface area contributed by atoms with Crippen molar-refractivity contribution in [3.05, 3.63) is 142 Å². The predicted octanol–water partition coefficient (Wildman–Crippen LogP) is 2.77. The molecule has 0 saturated heterocycles. The summed E-state index contributed by atoms with van der Waals surface area (Å²) in [5, 5.41) is 4.18. The summed E-state index contributed by atoms with van der Waals surface area (Å²) in [5.74, 6) is 0. The number of H-pyrrole nitrogens is 2. The minimum Gasteiger partial charge on any atom is -0.355 e. The molecule has 0 fully saturated rings. The molecule has 4 heteroatoms. The van der Waals surface area contributed by atoms with Gasteiger partial charge in [-0.05, 0) is 59.7 Å². The zero-order chi connectivity index (χ0) is 23.9. The van der Waals surface area contributed by atoms with Crippen LogP contribution in [0.5, 0.6) is 0 Å². The van der Waals surface area contributed by atoms with E-state index in [0.717, 1.165) is 55.1 Å². The van der Waals surface area contributed by atoms with Gasteiger partial charge in [-0.25, -0.2) is 0 Å². The molecule has 0 amide bonds. The maximum Gasteiger partial charge on any atom is 0.0895 e. The lowest BCUT2D eigenvalue weighted by Crippen LogP contribution is -2.19. The van der Waals surface area contributed by atoms with Gasteiger partial charge in [0.1, 0.15) is 0 Å². The Balaban J connectivity index is 1.49. The van der Waals surface area contributed by atoms with Crippen LogP contribution in [-0.2, 0) is 0 Å². The molecule has 2 atom stereocenters. The average molecular weight is 465 g/mol. The van der Waals surface area contributed by atoms with Crippen LogP contribution in [0.1, 0.15) is 11.1 Å². The van der Waals surface area contributed by atoms with Gasteiger partial charge in [0.2, 0.25) is 0 Å². The van der Waals surface area contributed by atoms with Crippen LogP contribution in [0.4, 0.5) is 0 Å². The van der Waals surface area contributed by atoms with Crippen LogP contribution in [0.3, 0.4) is 0 Å². The molecular weight excluding hydrogens is 440 g/mol. The molecule has 4 aromatic rings. The summed E-state index contributed by atoms with van der Waals surface area (Å²) in [6, 6.07) is 29.4. The molecule has 7 rings (SSSR count). The monoisotopic (exact) mass is 464 g/mol. The highest BCUT2D eigenvalue weighted by Crippen LogP contribution is 2.20. The van der Waals surface area contributed by atoms with Crippen molar-refractivity contribution >= 4 is 34.7 Å². The number of aliphatic imine (C=N–C) groups is 2. The van der Waals surface area contributed by atoms with Crippen LogP contribution in [0.25, 0.3) is 23.3 Å². The lowest BCUT2D eigenvalue weighted by atomic mass is 10.0. The molecule has 36 heavy (non-hydrogen) atoms. The van der Waals surface area contributed by atoms with Gasteiger partial charge in [0, 0.05) is 32.5 Å². The third-order valence-corrected chi connectivity index (χ3v) is 6.77. The molecule has 0 aliphatic carbocycles. The minimum absolute atomic E-state index is 0.0348. The van der Waals surface area contributed by atoms with Gasteiger partial charge in [-0.1, -0.05) is 72.8 Å². The van der Waals surface area contributed by atoms with E-state index in [1.165, 1.54) is 0 Å². The van der Waals surface area contributed by atoms with E-state index in [2.05, 4.69) is 119 Å². The zero-order valence-electron chi connectivity index (χ0n) is 19.6. The van der Waals surface area contributed by atoms with E-state index >= 15 is 0 Å². The Morgan fingerprint density at radius 3 is 1.39 bits per heavy atom. The van der Waals surface area contributed by atoms with Crippen molar-refractivity contribution in [3.63, 3.8) is 0 Å². The lowest BCUT2D eigenvalue weighted by molar-refractivity contribution is 1.09. The number of aromatic amines is 2. The highest BCUT2D eigenvalue weighted by molar-refractivity contribution is 6.30. The van der Waals surface area contributed by atoms with Crippen molar-refractivity contribution in [1.82, 2.24) is 9.97 Å². The van der Waals surface area contributed by atoms with Gasteiger partial charge in [-0.3, -0.25) is 9.98 Å². The Hall–Kier alpha value is -4.70. The third kappa shape index (κ3) is 3.73. The molecular formula is C32H24N4. The Bertz CT molecular complexity index is 1690. The standard InChI is InChI=1S/C32H24N4/c1-3-7-21(8-4-1)31-27-15-11-23(33-27)19-25-13-17-29(35-25)32(22-9-5-2-6-10-22)30-18-14-26(36-30)20-24-12-16-28(31)34-24/h1-20,23,26,34-35H/b24-20-,25-19-,31-28?,32-29?. The number of hydrogen-bond donors (Lipinski definition) is 2. The number of aromatic nitrogens is 2. The van der Waals surface area contributed by atoms with Gasteiger partial charge in [-0.2, -0.15) is 0 Å². The quantitative estimate of drug-likeness (QED) is 0.459. The van der Waals surface area contributed by atoms with E-state index in [0.29, 0.717) is 0 Å². The third-order valence-electron chi connectivity index (χ3n) is 6.77. The van der Waals surface area contributed by atoms with Crippen molar-refractivity contribution in [2.24, 2.45) is 9.98 Å². The summed E-state index contributed by atoms with van der Waals surface area (Å²) in [6.07, 6.45) is 12.9. The van der Waals surface area contributed by atoms with Gasteiger partial charge in [0.25, 0.3) is 0 Å². The number of nitrogens with zero attached hydrogens (tertiary/aromatic N) is 2. The topological polar surface area (TPSA) is 56.3 Å². The van der Waals surface area contributed by atoms with Gasteiger partial charge in [0.15, 0.2) is 0 Å². The lowest BCUT2D eigenvalue weighted by Gasteiger charge is -2.07. The van der Waals surface area contributed by atoms with E-state index in [-0.39, 0.29) is 12.1 Å². The Kier molecular flexibility index (Phi) is 4.88. The van der Waals surface area contributed by atoms with Crippen LogP contribution in [0, 0.1) is 0 Å². The van der Waals surface area contributed by atoms with Gasteiger partial charge in [0.05, 0.1) is 23.5 Å². The second-order valence-electron chi connectivity index (χ2n) is 9.20. The number of fused-ring (bicyclic) bond motifs is 6. The minimum atomic E-state index is -0.0348. The van der Waals surface area contributed by atoms with E-state index in [4.69, 9.17) is 9.98 Å². The summed E-state index contributed by atoms with van der Waals surface area (Å²) in [5.41, 5.74) is 6.45. The fraction of sp³-hybridized carbons (Fsp3) is 0.0625. The molecule has 3 aliphatic rings. The van der Waals surface area contributed by atoms with Gasteiger partial charge < -0.3 is 9.97 Å². The van der Waals surface area contributed by atoms with Crippen LogP contribution in [-0.4, -0.2) is 33.5 Å². The van der Waals surface area contributed by atoms with Gasteiger partial charge >= 0.3 is 0 Å². The molecule has 0 radical (unpaired) electrons. The zero-order valence-corrected chi connectivity index (χ0v) is 19.6.